The first-order valence-electron chi connectivity index (χ1n) is 12.9. The van der Waals surface area contributed by atoms with Crippen molar-refractivity contribution < 1.29 is 43.0 Å². The largest absolute Gasteiger partial charge is 0.481 e. The van der Waals surface area contributed by atoms with E-state index < -0.39 is 35.0 Å². The highest BCUT2D eigenvalue weighted by Crippen LogP contribution is 2.16. The SMILES string of the molecule is CC(C)(C)OC(=O)C[N+](CCCNC(=O)OC(C)(C)C)(CCCNC(=O)OC(C)(C)C)CCCC(=O)O. The van der Waals surface area contributed by atoms with Crippen molar-refractivity contribution in [3.8, 4) is 0 Å². The maximum atomic E-state index is 12.8. The number of quaternary nitrogens is 1. The van der Waals surface area contributed by atoms with Crippen LogP contribution in [0.1, 0.15) is 88.0 Å². The standard InChI is InChI=1S/C26H49N3O8/c1-24(2,3)35-21(32)19-29(16-10-13-20(30)31,17-11-14-27-22(33)36-25(4,5)6)18-12-15-28-23(34)37-26(7,8)9/h10-19H2,1-9H3,(H2-,27,28,30,31,33,34)/p+1. The van der Waals surface area contributed by atoms with Gasteiger partial charge in [-0.15, -0.1) is 0 Å². The summed E-state index contributed by atoms with van der Waals surface area (Å²) in [6.45, 7) is 18.2. The van der Waals surface area contributed by atoms with Crippen molar-refractivity contribution in [2.75, 3.05) is 39.3 Å². The summed E-state index contributed by atoms with van der Waals surface area (Å²) in [5.41, 5.74) is -1.89. The molecule has 0 spiro atoms. The van der Waals surface area contributed by atoms with Crippen molar-refractivity contribution in [2.24, 2.45) is 0 Å². The number of carboxylic acids is 1. The summed E-state index contributed by atoms with van der Waals surface area (Å²) in [5.74, 6) is -1.29. The molecule has 0 bridgehead atoms. The Balaban J connectivity index is 5.41. The molecule has 0 aliphatic carbocycles. The van der Waals surface area contributed by atoms with Gasteiger partial charge in [-0.05, 0) is 62.3 Å². The molecule has 0 unspecified atom stereocenters. The van der Waals surface area contributed by atoms with Crippen molar-refractivity contribution in [2.45, 2.75) is 105 Å². The number of aliphatic carboxylic acids is 1. The van der Waals surface area contributed by atoms with Crippen molar-refractivity contribution in [3.05, 3.63) is 0 Å². The predicted octanol–water partition coefficient (Wildman–Crippen LogP) is 3.84. The van der Waals surface area contributed by atoms with Crippen LogP contribution in [-0.4, -0.2) is 89.8 Å². The topological polar surface area (TPSA) is 140 Å². The van der Waals surface area contributed by atoms with Crippen LogP contribution in [0.25, 0.3) is 0 Å². The summed E-state index contributed by atoms with van der Waals surface area (Å²) in [7, 11) is 0. The number of nitrogens with one attached hydrogen (secondary N) is 2. The Bertz CT molecular complexity index is 712. The van der Waals surface area contributed by atoms with Gasteiger partial charge in [0.25, 0.3) is 0 Å². The number of esters is 1. The molecule has 0 heterocycles. The number of carbonyl (C=O) groups is 4. The van der Waals surface area contributed by atoms with Crippen LogP contribution in [0.15, 0.2) is 0 Å². The molecule has 0 radical (unpaired) electrons. The van der Waals surface area contributed by atoms with E-state index in [1.807, 2.05) is 0 Å². The molecule has 0 aliphatic heterocycles. The Kier molecular flexibility index (Phi) is 14.0. The molecular formula is C26H50N3O8+. The second kappa shape index (κ2) is 15.0. The number of alkyl carbamates (subject to hydrolysis) is 2. The molecule has 0 aromatic heterocycles. The number of carbonyl (C=O) groups excluding carboxylic acids is 3. The van der Waals surface area contributed by atoms with Crippen molar-refractivity contribution >= 4 is 24.1 Å². The van der Waals surface area contributed by atoms with Crippen molar-refractivity contribution in [1.82, 2.24) is 10.6 Å². The molecule has 0 aromatic carbocycles. The molecule has 0 saturated heterocycles. The van der Waals surface area contributed by atoms with Crippen molar-refractivity contribution in [3.63, 3.8) is 0 Å². The second-order valence-corrected chi connectivity index (χ2v) is 12.3. The fourth-order valence-corrected chi connectivity index (χ4v) is 3.62. The Labute approximate surface area is 222 Å². The van der Waals surface area contributed by atoms with Gasteiger partial charge >= 0.3 is 24.1 Å². The molecule has 3 N–H and O–H groups in total. The van der Waals surface area contributed by atoms with Gasteiger partial charge in [0.1, 0.15) is 16.8 Å². The Morgan fingerprint density at radius 1 is 0.649 bits per heavy atom. The van der Waals surface area contributed by atoms with Gasteiger partial charge in [0.05, 0.1) is 26.1 Å². The van der Waals surface area contributed by atoms with Crippen LogP contribution in [-0.2, 0) is 23.8 Å². The lowest BCUT2D eigenvalue weighted by molar-refractivity contribution is -0.921. The number of hydrogen-bond acceptors (Lipinski definition) is 7. The molecule has 0 aromatic rings. The van der Waals surface area contributed by atoms with Gasteiger partial charge in [-0.2, -0.15) is 0 Å². The molecule has 216 valence electrons. The molecule has 37 heavy (non-hydrogen) atoms. The number of ether oxygens (including phenoxy) is 3. The van der Waals surface area contributed by atoms with E-state index in [-0.39, 0.29) is 23.4 Å². The summed E-state index contributed by atoms with van der Waals surface area (Å²) in [6, 6.07) is 0. The van der Waals surface area contributed by atoms with E-state index in [4.69, 9.17) is 19.3 Å². The van der Waals surface area contributed by atoms with Crippen molar-refractivity contribution in [1.29, 1.82) is 0 Å². The third-order valence-electron chi connectivity index (χ3n) is 4.86. The van der Waals surface area contributed by atoms with E-state index in [0.29, 0.717) is 52.0 Å². The van der Waals surface area contributed by atoms with Crippen LogP contribution >= 0.6 is 0 Å². The number of nitrogens with zero attached hydrogens (tertiary/aromatic N) is 1. The van der Waals surface area contributed by atoms with E-state index in [1.165, 1.54) is 0 Å². The molecule has 0 fully saturated rings. The lowest BCUT2D eigenvalue weighted by atomic mass is 10.1. The number of rotatable bonds is 14. The summed E-state index contributed by atoms with van der Waals surface area (Å²) in [5, 5.41) is 14.6. The van der Waals surface area contributed by atoms with Crippen LogP contribution in [0.4, 0.5) is 9.59 Å². The minimum Gasteiger partial charge on any atom is -0.481 e. The zero-order valence-electron chi connectivity index (χ0n) is 24.3. The van der Waals surface area contributed by atoms with Crippen LogP contribution in [0.3, 0.4) is 0 Å². The van der Waals surface area contributed by atoms with E-state index >= 15 is 0 Å². The maximum Gasteiger partial charge on any atom is 0.407 e. The molecule has 0 atom stereocenters. The fourth-order valence-electron chi connectivity index (χ4n) is 3.62. The first-order valence-corrected chi connectivity index (χ1v) is 12.9. The lowest BCUT2D eigenvalue weighted by Crippen LogP contribution is -2.55. The fraction of sp³-hybridized carbons (Fsp3) is 0.846. The van der Waals surface area contributed by atoms with E-state index in [0.717, 1.165) is 0 Å². The smallest absolute Gasteiger partial charge is 0.407 e. The average molecular weight is 533 g/mol. The Morgan fingerprint density at radius 3 is 1.38 bits per heavy atom. The summed E-state index contributed by atoms with van der Waals surface area (Å²) < 4.78 is 16.4. The molecule has 0 rings (SSSR count). The lowest BCUT2D eigenvalue weighted by Gasteiger charge is -2.39. The third-order valence-corrected chi connectivity index (χ3v) is 4.86. The first kappa shape index (κ1) is 34.4. The molecule has 0 aliphatic rings. The van der Waals surface area contributed by atoms with Gasteiger partial charge in [-0.3, -0.25) is 4.79 Å². The Hall–Kier alpha value is -2.56. The molecule has 11 nitrogen and oxygen atoms in total. The predicted molar refractivity (Wildman–Crippen MR) is 140 cm³/mol. The van der Waals surface area contributed by atoms with Gasteiger partial charge in [0.15, 0.2) is 6.54 Å². The van der Waals surface area contributed by atoms with Gasteiger partial charge in [0.2, 0.25) is 0 Å². The minimum absolute atomic E-state index is 0.0271. The Morgan fingerprint density at radius 2 is 1.03 bits per heavy atom. The number of carboxylic acid groups (broad SMARTS) is 1. The zero-order valence-corrected chi connectivity index (χ0v) is 24.3. The normalized spacial score (nSPS) is 12.5. The highest BCUT2D eigenvalue weighted by atomic mass is 16.6. The van der Waals surface area contributed by atoms with Gasteiger partial charge in [-0.1, -0.05) is 0 Å². The summed E-state index contributed by atoms with van der Waals surface area (Å²) in [6.07, 6.45) is 0.372. The van der Waals surface area contributed by atoms with Crippen LogP contribution < -0.4 is 10.6 Å². The second-order valence-electron chi connectivity index (χ2n) is 12.3. The highest BCUT2D eigenvalue weighted by molar-refractivity contribution is 5.71. The quantitative estimate of drug-likeness (QED) is 0.133. The third kappa shape index (κ3) is 20.2. The summed E-state index contributed by atoms with van der Waals surface area (Å²) in [4.78, 5) is 48.0. The highest BCUT2D eigenvalue weighted by Gasteiger charge is 2.32. The van der Waals surface area contributed by atoms with Gasteiger partial charge in [-0.25, -0.2) is 14.4 Å². The van der Waals surface area contributed by atoms with Crippen LogP contribution in [0.2, 0.25) is 0 Å². The van der Waals surface area contributed by atoms with Gasteiger partial charge < -0.3 is 34.4 Å². The van der Waals surface area contributed by atoms with E-state index in [1.54, 1.807) is 62.3 Å². The van der Waals surface area contributed by atoms with E-state index in [2.05, 4.69) is 10.6 Å². The monoisotopic (exact) mass is 532 g/mol. The van der Waals surface area contributed by atoms with Crippen LogP contribution in [0, 0.1) is 0 Å². The average Bonchev–Trinajstić information content (AvgIpc) is 2.64. The van der Waals surface area contributed by atoms with Crippen LogP contribution in [0.5, 0.6) is 0 Å². The minimum atomic E-state index is -0.909. The maximum absolute atomic E-state index is 12.8. The zero-order chi connectivity index (χ0) is 28.9. The number of hydrogen-bond donors (Lipinski definition) is 3. The first-order chi connectivity index (χ1) is 16.7. The van der Waals surface area contributed by atoms with E-state index in [9.17, 15) is 19.2 Å². The van der Waals surface area contributed by atoms with Gasteiger partial charge in [0, 0.05) is 32.4 Å². The molecular weight excluding hydrogens is 482 g/mol. The molecule has 2 amide bonds. The molecule has 11 heteroatoms. The molecule has 0 saturated carbocycles. The number of amides is 2. The summed E-state index contributed by atoms with van der Waals surface area (Å²) >= 11 is 0.